The molecule has 0 bridgehead atoms. The zero-order valence-corrected chi connectivity index (χ0v) is 12.0. The summed E-state index contributed by atoms with van der Waals surface area (Å²) in [6.45, 7) is 0.154. The monoisotopic (exact) mass is 305 g/mol. The lowest BCUT2D eigenvalue weighted by atomic mass is 10.2. The van der Waals surface area contributed by atoms with Gasteiger partial charge in [-0.05, 0) is 24.3 Å². The van der Waals surface area contributed by atoms with E-state index in [0.29, 0.717) is 19.4 Å². The molecule has 6 nitrogen and oxygen atoms in total. The fraction of sp³-hybridized carbons (Fsp3) is 0.545. The smallest absolute Gasteiger partial charge is 0.349 e. The van der Waals surface area contributed by atoms with E-state index in [2.05, 4.69) is 4.74 Å². The van der Waals surface area contributed by atoms with Crippen molar-refractivity contribution in [2.75, 3.05) is 20.3 Å². The third-order valence-electron chi connectivity index (χ3n) is 3.12. The van der Waals surface area contributed by atoms with Crippen molar-refractivity contribution in [3.63, 3.8) is 0 Å². The minimum absolute atomic E-state index is 0.0373. The summed E-state index contributed by atoms with van der Waals surface area (Å²) in [5, 5.41) is 10.8. The van der Waals surface area contributed by atoms with Crippen molar-refractivity contribution < 1.29 is 23.1 Å². The van der Waals surface area contributed by atoms with E-state index in [1.165, 1.54) is 17.5 Å². The first-order chi connectivity index (χ1) is 9.02. The molecule has 1 aromatic heterocycles. The van der Waals surface area contributed by atoms with Crippen LogP contribution in [-0.2, 0) is 14.8 Å². The van der Waals surface area contributed by atoms with Crippen LogP contribution in [0.5, 0.6) is 0 Å². The van der Waals surface area contributed by atoms with Gasteiger partial charge in [-0.25, -0.2) is 13.2 Å². The summed E-state index contributed by atoms with van der Waals surface area (Å²) in [5.41, 5.74) is 0. The van der Waals surface area contributed by atoms with Gasteiger partial charge in [0.2, 0.25) is 10.0 Å². The summed E-state index contributed by atoms with van der Waals surface area (Å²) in [7, 11) is -2.55. The molecule has 1 atom stereocenters. The van der Waals surface area contributed by atoms with Gasteiger partial charge >= 0.3 is 5.97 Å². The molecule has 0 saturated carbocycles. The first-order valence-electron chi connectivity index (χ1n) is 5.81. The lowest BCUT2D eigenvalue weighted by molar-refractivity contribution is 0.0602. The zero-order valence-electron chi connectivity index (χ0n) is 10.4. The van der Waals surface area contributed by atoms with Gasteiger partial charge < -0.3 is 9.84 Å². The van der Waals surface area contributed by atoms with Gasteiger partial charge in [-0.3, -0.25) is 0 Å². The molecule has 0 amide bonds. The highest BCUT2D eigenvalue weighted by Crippen LogP contribution is 2.30. The van der Waals surface area contributed by atoms with Crippen molar-refractivity contribution in [2.24, 2.45) is 0 Å². The molecule has 1 aliphatic heterocycles. The maximum atomic E-state index is 12.5. The van der Waals surface area contributed by atoms with Crippen molar-refractivity contribution >= 4 is 27.3 Å². The molecule has 106 valence electrons. The number of hydrogen-bond acceptors (Lipinski definition) is 6. The Balaban J connectivity index is 2.40. The number of ether oxygens (including phenoxy) is 1. The van der Waals surface area contributed by atoms with Crippen LogP contribution >= 0.6 is 11.3 Å². The van der Waals surface area contributed by atoms with E-state index in [4.69, 9.17) is 0 Å². The fourth-order valence-electron chi connectivity index (χ4n) is 2.18. The zero-order chi connectivity index (χ0) is 14.0. The quantitative estimate of drug-likeness (QED) is 0.827. The van der Waals surface area contributed by atoms with Crippen LogP contribution in [0, 0.1) is 0 Å². The van der Waals surface area contributed by atoms with Crippen LogP contribution in [0.3, 0.4) is 0 Å². The number of carbonyl (C=O) groups is 1. The number of carbonyl (C=O) groups excluding carboxylic acids is 1. The lowest BCUT2D eigenvalue weighted by Crippen LogP contribution is -2.37. The molecule has 1 aliphatic rings. The maximum Gasteiger partial charge on any atom is 0.349 e. The van der Waals surface area contributed by atoms with E-state index in [-0.39, 0.29) is 16.4 Å². The van der Waals surface area contributed by atoms with E-state index in [9.17, 15) is 18.3 Å². The molecule has 2 heterocycles. The molecule has 0 aliphatic carbocycles. The van der Waals surface area contributed by atoms with Crippen LogP contribution in [0.25, 0.3) is 0 Å². The predicted octanol–water partition coefficient (Wildman–Crippen LogP) is 0.680. The van der Waals surface area contributed by atoms with E-state index < -0.39 is 22.0 Å². The summed E-state index contributed by atoms with van der Waals surface area (Å²) < 4.78 is 30.9. The Hall–Kier alpha value is -0.960. The highest BCUT2D eigenvalue weighted by molar-refractivity contribution is 7.89. The van der Waals surface area contributed by atoms with Gasteiger partial charge in [0.15, 0.2) is 0 Å². The third kappa shape index (κ3) is 2.53. The molecule has 1 aromatic rings. The maximum absolute atomic E-state index is 12.5. The Morgan fingerprint density at radius 1 is 1.63 bits per heavy atom. The Labute approximate surface area is 115 Å². The van der Waals surface area contributed by atoms with Gasteiger partial charge in [-0.15, -0.1) is 11.3 Å². The minimum atomic E-state index is -3.76. The number of nitrogens with zero attached hydrogens (tertiary/aromatic N) is 1. The van der Waals surface area contributed by atoms with Crippen LogP contribution in [0.4, 0.5) is 0 Å². The molecular formula is C11H15NO5S2. The second-order valence-electron chi connectivity index (χ2n) is 4.20. The first kappa shape index (κ1) is 14.4. The number of aliphatic hydroxyl groups excluding tert-OH is 1. The molecule has 0 spiro atoms. The molecule has 19 heavy (non-hydrogen) atoms. The summed E-state index contributed by atoms with van der Waals surface area (Å²) in [6.07, 6.45) is 1.34. The first-order valence-corrected chi connectivity index (χ1v) is 8.13. The van der Waals surface area contributed by atoms with Crippen molar-refractivity contribution in [3.05, 3.63) is 16.3 Å². The molecule has 1 saturated heterocycles. The second kappa shape index (κ2) is 5.58. The van der Waals surface area contributed by atoms with Crippen LogP contribution in [-0.4, -0.2) is 50.1 Å². The number of esters is 1. The normalized spacial score (nSPS) is 20.6. The van der Waals surface area contributed by atoms with Crippen LogP contribution in [0.15, 0.2) is 16.3 Å². The largest absolute Gasteiger partial charge is 0.465 e. The van der Waals surface area contributed by atoms with Crippen molar-refractivity contribution in [2.45, 2.75) is 23.8 Å². The SMILES string of the molecule is COC(=O)c1sccc1S(=O)(=O)N1CCC[C@H]1CO. The summed E-state index contributed by atoms with van der Waals surface area (Å²) in [4.78, 5) is 11.6. The molecule has 1 fully saturated rings. The molecule has 1 N–H and O–H groups in total. The van der Waals surface area contributed by atoms with Gasteiger partial charge in [0.25, 0.3) is 0 Å². The van der Waals surface area contributed by atoms with Crippen molar-refractivity contribution in [3.8, 4) is 0 Å². The number of sulfonamides is 1. The number of thiophene rings is 1. The highest BCUT2D eigenvalue weighted by atomic mass is 32.2. The molecule has 0 radical (unpaired) electrons. The van der Waals surface area contributed by atoms with Crippen LogP contribution in [0.1, 0.15) is 22.5 Å². The molecule has 0 aromatic carbocycles. The van der Waals surface area contributed by atoms with Crippen LogP contribution in [0.2, 0.25) is 0 Å². The summed E-state index contributed by atoms with van der Waals surface area (Å²) in [6, 6.07) is 0.995. The molecule has 2 rings (SSSR count). The third-order valence-corrected chi connectivity index (χ3v) is 6.14. The number of methoxy groups -OCH3 is 1. The predicted molar refractivity (Wildman–Crippen MR) is 69.7 cm³/mol. The van der Waals surface area contributed by atoms with Crippen LogP contribution < -0.4 is 0 Å². The lowest BCUT2D eigenvalue weighted by Gasteiger charge is -2.22. The van der Waals surface area contributed by atoms with E-state index in [1.807, 2.05) is 0 Å². The van der Waals surface area contributed by atoms with Gasteiger partial charge in [0.1, 0.15) is 9.77 Å². The second-order valence-corrected chi connectivity index (χ2v) is 6.98. The number of aliphatic hydroxyl groups is 1. The number of hydrogen-bond donors (Lipinski definition) is 1. The minimum Gasteiger partial charge on any atom is -0.465 e. The van der Waals surface area contributed by atoms with E-state index in [1.54, 1.807) is 5.38 Å². The molecule has 0 unspecified atom stereocenters. The Morgan fingerprint density at radius 3 is 3.00 bits per heavy atom. The van der Waals surface area contributed by atoms with Gasteiger partial charge in [-0.1, -0.05) is 0 Å². The van der Waals surface area contributed by atoms with Gasteiger partial charge in [0.05, 0.1) is 13.7 Å². The Kier molecular flexibility index (Phi) is 4.24. The topological polar surface area (TPSA) is 83.9 Å². The highest BCUT2D eigenvalue weighted by Gasteiger charge is 2.37. The van der Waals surface area contributed by atoms with Crippen molar-refractivity contribution in [1.29, 1.82) is 0 Å². The average Bonchev–Trinajstić information content (AvgIpc) is 3.06. The molecule has 8 heteroatoms. The number of rotatable bonds is 4. The van der Waals surface area contributed by atoms with Crippen molar-refractivity contribution in [1.82, 2.24) is 4.31 Å². The summed E-state index contributed by atoms with van der Waals surface area (Å²) in [5.74, 6) is -0.659. The van der Waals surface area contributed by atoms with Gasteiger partial charge in [-0.2, -0.15) is 4.31 Å². The Bertz CT molecular complexity index is 565. The molecular weight excluding hydrogens is 290 g/mol. The fourth-order valence-corrected chi connectivity index (χ4v) is 5.17. The summed E-state index contributed by atoms with van der Waals surface area (Å²) >= 11 is 1.03. The van der Waals surface area contributed by atoms with E-state index in [0.717, 1.165) is 11.3 Å². The van der Waals surface area contributed by atoms with E-state index >= 15 is 0 Å². The standard InChI is InChI=1S/C11H15NO5S2/c1-17-11(14)10-9(4-6-18-10)19(15,16)12-5-2-3-8(12)7-13/h4,6,8,13H,2-3,5,7H2,1H3/t8-/m0/s1. The average molecular weight is 305 g/mol. The Morgan fingerprint density at radius 2 is 2.37 bits per heavy atom. The van der Waals surface area contributed by atoms with Gasteiger partial charge in [0, 0.05) is 12.6 Å².